The Morgan fingerprint density at radius 3 is 2.00 bits per heavy atom. The first-order chi connectivity index (χ1) is 16.6. The SMILES string of the molecule is O=C(NC(Cc1ccccc1)(c1cc(F)cc(C(F)(F)F)c1)c1ccc(Cl)cn1)C(F)(F)C(F)(F)F. The molecule has 0 spiro atoms. The molecule has 0 saturated carbocycles. The van der Waals surface area contributed by atoms with Crippen LogP contribution < -0.4 is 5.32 Å². The average Bonchev–Trinajstić information content (AvgIpc) is 2.78. The van der Waals surface area contributed by atoms with Gasteiger partial charge in [-0.25, -0.2) is 4.39 Å². The summed E-state index contributed by atoms with van der Waals surface area (Å²) in [6.07, 6.45) is -11.2. The molecule has 1 heterocycles. The summed E-state index contributed by atoms with van der Waals surface area (Å²) in [6, 6.07) is 10.3. The summed E-state index contributed by atoms with van der Waals surface area (Å²) in [5.74, 6) is -10.3. The molecule has 0 aliphatic carbocycles. The van der Waals surface area contributed by atoms with Crippen molar-refractivity contribution >= 4 is 17.5 Å². The van der Waals surface area contributed by atoms with E-state index in [-0.39, 0.29) is 16.7 Å². The van der Waals surface area contributed by atoms with Crippen LogP contribution in [0.4, 0.5) is 39.5 Å². The molecule has 0 fully saturated rings. The molecule has 0 radical (unpaired) electrons. The Bertz CT molecular complexity index is 1230. The van der Waals surface area contributed by atoms with Crippen LogP contribution in [0.1, 0.15) is 22.4 Å². The molecular weight excluding hydrogens is 527 g/mol. The molecule has 3 aromatic rings. The minimum Gasteiger partial charge on any atom is -0.335 e. The third-order valence-electron chi connectivity index (χ3n) is 5.16. The molecule has 0 aliphatic rings. The van der Waals surface area contributed by atoms with Gasteiger partial charge in [-0.15, -0.1) is 0 Å². The fourth-order valence-corrected chi connectivity index (χ4v) is 3.56. The van der Waals surface area contributed by atoms with Gasteiger partial charge in [0.25, 0.3) is 0 Å². The summed E-state index contributed by atoms with van der Waals surface area (Å²) in [5, 5.41) is 1.52. The van der Waals surface area contributed by atoms with Crippen LogP contribution in [0.3, 0.4) is 0 Å². The molecule has 1 atom stereocenters. The lowest BCUT2D eigenvalue weighted by Crippen LogP contribution is -2.58. The van der Waals surface area contributed by atoms with Crippen molar-refractivity contribution in [2.45, 2.75) is 30.2 Å². The van der Waals surface area contributed by atoms with Crippen molar-refractivity contribution in [2.24, 2.45) is 0 Å². The van der Waals surface area contributed by atoms with Crippen LogP contribution in [0.5, 0.6) is 0 Å². The fraction of sp³-hybridized carbons (Fsp3) is 0.217. The monoisotopic (exact) mass is 540 g/mol. The van der Waals surface area contributed by atoms with Crippen LogP contribution in [0.15, 0.2) is 66.9 Å². The number of halogens is 10. The summed E-state index contributed by atoms with van der Waals surface area (Å²) < 4.78 is 122. The number of pyridine rings is 1. The molecule has 192 valence electrons. The summed E-state index contributed by atoms with van der Waals surface area (Å²) >= 11 is 5.79. The second-order valence-electron chi connectivity index (χ2n) is 7.68. The van der Waals surface area contributed by atoms with E-state index in [4.69, 9.17) is 11.6 Å². The maximum atomic E-state index is 14.4. The third-order valence-corrected chi connectivity index (χ3v) is 5.39. The number of benzene rings is 2. The predicted octanol–water partition coefficient (Wildman–Crippen LogP) is 6.69. The van der Waals surface area contributed by atoms with Crippen molar-refractivity contribution in [3.8, 4) is 0 Å². The van der Waals surface area contributed by atoms with E-state index in [0.717, 1.165) is 18.3 Å². The molecule has 0 aliphatic heterocycles. The van der Waals surface area contributed by atoms with E-state index in [0.29, 0.717) is 12.1 Å². The zero-order chi connectivity index (χ0) is 26.9. The molecule has 0 saturated heterocycles. The molecule has 3 nitrogen and oxygen atoms in total. The second-order valence-corrected chi connectivity index (χ2v) is 8.12. The Morgan fingerprint density at radius 2 is 1.47 bits per heavy atom. The number of alkyl halides is 8. The van der Waals surface area contributed by atoms with Crippen LogP contribution in [0, 0.1) is 5.82 Å². The molecule has 36 heavy (non-hydrogen) atoms. The van der Waals surface area contributed by atoms with Crippen LogP contribution in [-0.2, 0) is 22.9 Å². The first-order valence-corrected chi connectivity index (χ1v) is 10.3. The largest absolute Gasteiger partial charge is 0.463 e. The van der Waals surface area contributed by atoms with E-state index < -0.39 is 58.8 Å². The number of amides is 1. The Kier molecular flexibility index (Phi) is 7.31. The van der Waals surface area contributed by atoms with E-state index in [1.807, 2.05) is 0 Å². The summed E-state index contributed by atoms with van der Waals surface area (Å²) in [7, 11) is 0. The number of rotatable bonds is 6. The molecule has 1 aromatic heterocycles. The average molecular weight is 541 g/mol. The van der Waals surface area contributed by atoms with Crippen molar-refractivity contribution in [1.29, 1.82) is 0 Å². The smallest absolute Gasteiger partial charge is 0.335 e. The van der Waals surface area contributed by atoms with E-state index in [2.05, 4.69) is 4.98 Å². The van der Waals surface area contributed by atoms with Crippen molar-refractivity contribution in [1.82, 2.24) is 10.3 Å². The van der Waals surface area contributed by atoms with Gasteiger partial charge in [-0.05, 0) is 41.5 Å². The lowest BCUT2D eigenvalue weighted by atomic mass is 9.79. The highest BCUT2D eigenvalue weighted by Gasteiger charge is 2.64. The normalized spacial score (nSPS) is 14.3. The number of hydrogen-bond donors (Lipinski definition) is 1. The van der Waals surface area contributed by atoms with Crippen molar-refractivity contribution < 1.29 is 44.3 Å². The van der Waals surface area contributed by atoms with Gasteiger partial charge < -0.3 is 5.32 Å². The van der Waals surface area contributed by atoms with E-state index >= 15 is 0 Å². The molecule has 1 amide bonds. The molecule has 13 heteroatoms. The maximum Gasteiger partial charge on any atom is 0.463 e. The highest BCUT2D eigenvalue weighted by molar-refractivity contribution is 6.30. The summed E-state index contributed by atoms with van der Waals surface area (Å²) in [4.78, 5) is 16.2. The lowest BCUT2D eigenvalue weighted by molar-refractivity contribution is -0.270. The van der Waals surface area contributed by atoms with Crippen molar-refractivity contribution in [2.75, 3.05) is 0 Å². The maximum absolute atomic E-state index is 14.4. The predicted molar refractivity (Wildman–Crippen MR) is 111 cm³/mol. The minimum atomic E-state index is -6.33. The van der Waals surface area contributed by atoms with Crippen molar-refractivity contribution in [3.63, 3.8) is 0 Å². The third kappa shape index (κ3) is 5.58. The second kappa shape index (κ2) is 9.64. The Morgan fingerprint density at radius 1 is 0.861 bits per heavy atom. The van der Waals surface area contributed by atoms with Gasteiger partial charge in [0.2, 0.25) is 0 Å². The molecule has 1 N–H and O–H groups in total. The van der Waals surface area contributed by atoms with Crippen LogP contribution in [0.2, 0.25) is 5.02 Å². The molecule has 3 rings (SSSR count). The highest BCUT2D eigenvalue weighted by atomic mass is 35.5. The minimum absolute atomic E-state index is 0.0190. The summed E-state index contributed by atoms with van der Waals surface area (Å²) in [6.45, 7) is 0. The lowest BCUT2D eigenvalue weighted by Gasteiger charge is -2.37. The number of carbonyl (C=O) groups is 1. The summed E-state index contributed by atoms with van der Waals surface area (Å²) in [5.41, 5.74) is -5.25. The standard InChI is InChI=1S/C23H14ClF9N2O/c24-16-6-7-18(34-12-16)20(11-13-4-2-1-3-5-13,35-19(36)21(26,27)23(31,32)33)14-8-15(22(28,29)30)10-17(25)9-14/h1-10,12H,11H2,(H,35,36). The number of nitrogens with one attached hydrogen (secondary N) is 1. The van der Waals surface area contributed by atoms with Crippen LogP contribution in [0.25, 0.3) is 0 Å². The number of aromatic nitrogens is 1. The van der Waals surface area contributed by atoms with E-state index in [1.54, 1.807) is 0 Å². The number of nitrogens with zero attached hydrogens (tertiary/aromatic N) is 1. The van der Waals surface area contributed by atoms with E-state index in [9.17, 15) is 44.3 Å². The van der Waals surface area contributed by atoms with Crippen LogP contribution >= 0.6 is 11.6 Å². The van der Waals surface area contributed by atoms with Gasteiger partial charge in [0.05, 0.1) is 16.3 Å². The first kappa shape index (κ1) is 27.3. The van der Waals surface area contributed by atoms with Crippen molar-refractivity contribution in [3.05, 3.63) is 100 Å². The zero-order valence-electron chi connectivity index (χ0n) is 17.7. The van der Waals surface area contributed by atoms with Gasteiger partial charge in [0.15, 0.2) is 0 Å². The fourth-order valence-electron chi connectivity index (χ4n) is 3.45. The first-order valence-electron chi connectivity index (χ1n) is 9.87. The topological polar surface area (TPSA) is 42.0 Å². The zero-order valence-corrected chi connectivity index (χ0v) is 18.4. The molecule has 1 unspecified atom stereocenters. The molecule has 0 bridgehead atoms. The van der Waals surface area contributed by atoms with Gasteiger partial charge in [-0.1, -0.05) is 41.9 Å². The number of carbonyl (C=O) groups excluding carboxylic acids is 1. The van der Waals surface area contributed by atoms with Gasteiger partial charge >= 0.3 is 24.2 Å². The van der Waals surface area contributed by atoms with Crippen LogP contribution in [-0.4, -0.2) is 23.0 Å². The quantitative estimate of drug-likeness (QED) is 0.354. The highest BCUT2D eigenvalue weighted by Crippen LogP contribution is 2.41. The van der Waals surface area contributed by atoms with Gasteiger partial charge in [0.1, 0.15) is 11.4 Å². The molecule has 2 aromatic carbocycles. The molecular formula is C23H14ClF9N2O. The van der Waals surface area contributed by atoms with Gasteiger partial charge in [-0.2, -0.15) is 35.1 Å². The Labute approximate surface area is 202 Å². The Hall–Kier alpha value is -3.28. The Balaban J connectivity index is 2.36. The van der Waals surface area contributed by atoms with Gasteiger partial charge in [0, 0.05) is 12.6 Å². The number of hydrogen-bond acceptors (Lipinski definition) is 2. The van der Waals surface area contributed by atoms with E-state index in [1.165, 1.54) is 35.6 Å². The van der Waals surface area contributed by atoms with Gasteiger partial charge in [-0.3, -0.25) is 9.78 Å².